The molecule has 0 aliphatic heterocycles. The number of aryl methyl sites for hydroxylation is 1. The van der Waals surface area contributed by atoms with Crippen molar-refractivity contribution in [1.82, 2.24) is 4.98 Å². The van der Waals surface area contributed by atoms with Crippen LogP contribution in [0, 0.1) is 18.3 Å². The molecule has 2 aromatic rings. The van der Waals surface area contributed by atoms with E-state index in [1.807, 2.05) is 18.2 Å². The summed E-state index contributed by atoms with van der Waals surface area (Å²) in [6, 6.07) is 13.9. The van der Waals surface area contributed by atoms with Crippen LogP contribution in [0.2, 0.25) is 0 Å². The minimum absolute atomic E-state index is 0.575. The summed E-state index contributed by atoms with van der Waals surface area (Å²) in [6.45, 7) is 2.81. The van der Waals surface area contributed by atoms with Gasteiger partial charge in [-0.25, -0.2) is 4.98 Å². The molecule has 0 unspecified atom stereocenters. The van der Waals surface area contributed by atoms with Gasteiger partial charge in [0.15, 0.2) is 0 Å². The van der Waals surface area contributed by atoms with Crippen LogP contribution in [0.25, 0.3) is 0 Å². The van der Waals surface area contributed by atoms with E-state index in [9.17, 15) is 0 Å². The number of benzene rings is 1. The molecule has 0 spiro atoms. The molecule has 3 heteroatoms. The molecule has 2 rings (SSSR count). The smallest absolute Gasteiger partial charge is 0.126 e. The van der Waals surface area contributed by atoms with E-state index in [0.29, 0.717) is 5.56 Å². The monoisotopic (exact) mass is 223 g/mol. The van der Waals surface area contributed by atoms with E-state index < -0.39 is 0 Å². The highest BCUT2D eigenvalue weighted by Gasteiger charge is 1.96. The molecule has 0 fully saturated rings. The van der Waals surface area contributed by atoms with Gasteiger partial charge in [-0.2, -0.15) is 5.26 Å². The fraction of sp³-hybridized carbons (Fsp3) is 0.143. The first-order chi connectivity index (χ1) is 8.28. The van der Waals surface area contributed by atoms with Gasteiger partial charge in [-0.3, -0.25) is 0 Å². The van der Waals surface area contributed by atoms with Crippen LogP contribution in [0.5, 0.6) is 0 Å². The minimum atomic E-state index is 0.575. The van der Waals surface area contributed by atoms with Gasteiger partial charge < -0.3 is 5.32 Å². The molecule has 0 bridgehead atoms. The molecule has 84 valence electrons. The molecule has 1 aromatic carbocycles. The van der Waals surface area contributed by atoms with Gasteiger partial charge in [0.1, 0.15) is 11.9 Å². The molecule has 0 atom stereocenters. The molecule has 1 aromatic heterocycles. The van der Waals surface area contributed by atoms with Crippen molar-refractivity contribution < 1.29 is 0 Å². The van der Waals surface area contributed by atoms with Gasteiger partial charge in [0.2, 0.25) is 0 Å². The van der Waals surface area contributed by atoms with Crippen molar-refractivity contribution in [1.29, 1.82) is 5.26 Å². The number of anilines is 1. The second-order valence-electron chi connectivity index (χ2n) is 3.89. The van der Waals surface area contributed by atoms with Crippen LogP contribution in [-0.2, 0) is 6.54 Å². The summed E-state index contributed by atoms with van der Waals surface area (Å²) >= 11 is 0. The summed E-state index contributed by atoms with van der Waals surface area (Å²) in [4.78, 5) is 4.15. The third kappa shape index (κ3) is 3.05. The lowest BCUT2D eigenvalue weighted by atomic mass is 10.1. The normalized spacial score (nSPS) is 9.65. The van der Waals surface area contributed by atoms with Crippen molar-refractivity contribution in [2.75, 3.05) is 5.32 Å². The molecule has 0 aliphatic rings. The highest BCUT2D eigenvalue weighted by molar-refractivity contribution is 5.39. The number of hydrogen-bond donors (Lipinski definition) is 1. The van der Waals surface area contributed by atoms with Crippen LogP contribution in [0.3, 0.4) is 0 Å². The molecule has 0 amide bonds. The molecule has 1 heterocycles. The number of nitrogens with one attached hydrogen (secondary N) is 1. The zero-order valence-corrected chi connectivity index (χ0v) is 9.64. The van der Waals surface area contributed by atoms with Crippen molar-refractivity contribution >= 4 is 5.82 Å². The van der Waals surface area contributed by atoms with Crippen molar-refractivity contribution in [3.05, 3.63) is 59.3 Å². The predicted molar refractivity (Wildman–Crippen MR) is 67.5 cm³/mol. The Hall–Kier alpha value is -2.34. The summed E-state index contributed by atoms with van der Waals surface area (Å²) in [5, 5.41) is 11.9. The van der Waals surface area contributed by atoms with E-state index in [-0.39, 0.29) is 0 Å². The van der Waals surface area contributed by atoms with E-state index in [1.165, 1.54) is 11.1 Å². The average molecular weight is 223 g/mol. The molecule has 0 saturated carbocycles. The molecule has 17 heavy (non-hydrogen) atoms. The zero-order valence-electron chi connectivity index (χ0n) is 9.64. The summed E-state index contributed by atoms with van der Waals surface area (Å²) < 4.78 is 0. The molecule has 3 nitrogen and oxygen atoms in total. The van der Waals surface area contributed by atoms with E-state index in [2.05, 4.69) is 35.4 Å². The fourth-order valence-corrected chi connectivity index (χ4v) is 1.58. The number of rotatable bonds is 3. The number of aromatic nitrogens is 1. The zero-order chi connectivity index (χ0) is 12.1. The number of nitrogens with zero attached hydrogens (tertiary/aromatic N) is 2. The second kappa shape index (κ2) is 5.13. The van der Waals surface area contributed by atoms with Gasteiger partial charge in [-0.1, -0.05) is 29.8 Å². The Morgan fingerprint density at radius 3 is 2.82 bits per heavy atom. The second-order valence-corrected chi connectivity index (χ2v) is 3.89. The Kier molecular flexibility index (Phi) is 3.37. The third-order valence-electron chi connectivity index (χ3n) is 2.45. The Labute approximate surface area is 101 Å². The number of pyridine rings is 1. The molecule has 0 aliphatic carbocycles. The predicted octanol–water partition coefficient (Wildman–Crippen LogP) is 2.87. The van der Waals surface area contributed by atoms with Crippen molar-refractivity contribution in [3.8, 4) is 6.07 Å². The Morgan fingerprint density at radius 1 is 1.29 bits per heavy atom. The maximum Gasteiger partial charge on any atom is 0.126 e. The maximum atomic E-state index is 8.66. The lowest BCUT2D eigenvalue weighted by Gasteiger charge is -2.06. The molecule has 0 saturated heterocycles. The van der Waals surface area contributed by atoms with E-state index in [0.717, 1.165) is 12.4 Å². The van der Waals surface area contributed by atoms with Crippen molar-refractivity contribution in [3.63, 3.8) is 0 Å². The largest absolute Gasteiger partial charge is 0.366 e. The number of hydrogen-bond acceptors (Lipinski definition) is 3. The highest BCUT2D eigenvalue weighted by atomic mass is 15.0. The van der Waals surface area contributed by atoms with E-state index in [1.54, 1.807) is 12.3 Å². The van der Waals surface area contributed by atoms with Gasteiger partial charge in [-0.05, 0) is 24.6 Å². The van der Waals surface area contributed by atoms with Gasteiger partial charge >= 0.3 is 0 Å². The van der Waals surface area contributed by atoms with Gasteiger partial charge in [-0.15, -0.1) is 0 Å². The van der Waals surface area contributed by atoms with Crippen LogP contribution in [-0.4, -0.2) is 4.98 Å². The Morgan fingerprint density at radius 2 is 2.18 bits per heavy atom. The SMILES string of the molecule is Cc1cccc(CNc2ccc(C#N)cn2)c1. The van der Waals surface area contributed by atoms with Crippen LogP contribution in [0.1, 0.15) is 16.7 Å². The van der Waals surface area contributed by atoms with Crippen LogP contribution < -0.4 is 5.32 Å². The first-order valence-electron chi connectivity index (χ1n) is 5.43. The quantitative estimate of drug-likeness (QED) is 0.870. The van der Waals surface area contributed by atoms with Gasteiger partial charge in [0.25, 0.3) is 0 Å². The Bertz CT molecular complexity index is 538. The maximum absolute atomic E-state index is 8.66. The minimum Gasteiger partial charge on any atom is -0.366 e. The summed E-state index contributed by atoms with van der Waals surface area (Å²) in [7, 11) is 0. The summed E-state index contributed by atoms with van der Waals surface area (Å²) in [6.07, 6.45) is 1.57. The first kappa shape index (κ1) is 11.2. The van der Waals surface area contributed by atoms with E-state index >= 15 is 0 Å². The Balaban J connectivity index is 2.00. The lowest BCUT2D eigenvalue weighted by molar-refractivity contribution is 1.10. The van der Waals surface area contributed by atoms with Crippen molar-refractivity contribution in [2.45, 2.75) is 13.5 Å². The van der Waals surface area contributed by atoms with E-state index in [4.69, 9.17) is 5.26 Å². The average Bonchev–Trinajstić information content (AvgIpc) is 2.37. The standard InChI is InChI=1S/C14H13N3/c1-11-3-2-4-12(7-11)9-16-14-6-5-13(8-15)10-17-14/h2-7,10H,9H2,1H3,(H,16,17). The lowest BCUT2D eigenvalue weighted by Crippen LogP contribution is -2.01. The van der Waals surface area contributed by atoms with Crippen molar-refractivity contribution in [2.24, 2.45) is 0 Å². The third-order valence-corrected chi connectivity index (χ3v) is 2.45. The highest BCUT2D eigenvalue weighted by Crippen LogP contribution is 2.08. The molecule has 1 N–H and O–H groups in total. The van der Waals surface area contributed by atoms with Crippen LogP contribution >= 0.6 is 0 Å². The summed E-state index contributed by atoms with van der Waals surface area (Å²) in [5.74, 6) is 0.783. The molecular weight excluding hydrogens is 210 g/mol. The number of nitriles is 1. The van der Waals surface area contributed by atoms with Crippen LogP contribution in [0.15, 0.2) is 42.6 Å². The molecular formula is C14H13N3. The first-order valence-corrected chi connectivity index (χ1v) is 5.43. The topological polar surface area (TPSA) is 48.7 Å². The van der Waals surface area contributed by atoms with Gasteiger partial charge in [0, 0.05) is 12.7 Å². The fourth-order valence-electron chi connectivity index (χ4n) is 1.58. The summed E-state index contributed by atoms with van der Waals surface area (Å²) in [5.41, 5.74) is 3.04. The van der Waals surface area contributed by atoms with Gasteiger partial charge in [0.05, 0.1) is 5.56 Å². The van der Waals surface area contributed by atoms with Crippen LogP contribution in [0.4, 0.5) is 5.82 Å². The molecule has 0 radical (unpaired) electrons.